The van der Waals surface area contributed by atoms with Crippen LogP contribution in [0.5, 0.6) is 0 Å². The van der Waals surface area contributed by atoms with Crippen molar-refractivity contribution in [3.8, 4) is 0 Å². The average molecular weight is 284 g/mol. The van der Waals surface area contributed by atoms with Crippen molar-refractivity contribution in [3.63, 3.8) is 0 Å². The van der Waals surface area contributed by atoms with Gasteiger partial charge in [0.05, 0.1) is 18.9 Å². The Morgan fingerprint density at radius 1 is 1.05 bits per heavy atom. The van der Waals surface area contributed by atoms with Crippen molar-refractivity contribution < 1.29 is 28.6 Å². The molecule has 1 rings (SSSR count). The molecule has 6 heteroatoms. The lowest BCUT2D eigenvalue weighted by Gasteiger charge is -2.27. The monoisotopic (exact) mass is 284 g/mol. The summed E-state index contributed by atoms with van der Waals surface area (Å²) in [6.45, 7) is 3.21. The van der Waals surface area contributed by atoms with Crippen LogP contribution in [0.4, 0.5) is 0 Å². The third kappa shape index (κ3) is 4.68. The van der Waals surface area contributed by atoms with Gasteiger partial charge in [-0.25, -0.2) is 4.79 Å². The predicted molar refractivity (Wildman–Crippen MR) is 69.6 cm³/mol. The van der Waals surface area contributed by atoms with Gasteiger partial charge in [-0.2, -0.15) is 0 Å². The lowest BCUT2D eigenvalue weighted by molar-refractivity contribution is -0.163. The van der Waals surface area contributed by atoms with Crippen LogP contribution in [0.3, 0.4) is 0 Å². The molecule has 2 atom stereocenters. The molecule has 0 aromatic heterocycles. The zero-order valence-corrected chi connectivity index (χ0v) is 11.6. The summed E-state index contributed by atoms with van der Waals surface area (Å²) in [4.78, 5) is 34.4. The second-order valence-corrected chi connectivity index (χ2v) is 4.56. The van der Waals surface area contributed by atoms with E-state index in [2.05, 4.69) is 6.58 Å². The molecule has 0 radical (unpaired) electrons. The average Bonchev–Trinajstić information content (AvgIpc) is 2.50. The molecule has 0 N–H and O–H groups in total. The summed E-state index contributed by atoms with van der Waals surface area (Å²) in [6, 6.07) is 0. The van der Waals surface area contributed by atoms with Crippen molar-refractivity contribution in [1.29, 1.82) is 0 Å². The van der Waals surface area contributed by atoms with E-state index < -0.39 is 23.8 Å². The number of hydrogen-bond acceptors (Lipinski definition) is 6. The molecule has 0 aromatic rings. The third-order valence-corrected chi connectivity index (χ3v) is 3.31. The molecule has 1 saturated carbocycles. The number of hydrogen-bond donors (Lipinski definition) is 0. The first-order chi connectivity index (χ1) is 9.60. The summed E-state index contributed by atoms with van der Waals surface area (Å²) in [5, 5.41) is 0. The highest BCUT2D eigenvalue weighted by molar-refractivity contribution is 5.82. The lowest BCUT2D eigenvalue weighted by Crippen LogP contribution is -2.35. The van der Waals surface area contributed by atoms with Crippen molar-refractivity contribution in [2.75, 3.05) is 20.3 Å². The maximum Gasteiger partial charge on any atom is 0.330 e. The summed E-state index contributed by atoms with van der Waals surface area (Å²) in [5.74, 6) is -2.27. The van der Waals surface area contributed by atoms with Crippen LogP contribution in [0.15, 0.2) is 12.7 Å². The first-order valence-corrected chi connectivity index (χ1v) is 6.63. The Morgan fingerprint density at radius 3 is 2.15 bits per heavy atom. The van der Waals surface area contributed by atoms with Gasteiger partial charge >= 0.3 is 17.9 Å². The summed E-state index contributed by atoms with van der Waals surface area (Å²) in [7, 11) is 1.31. The fourth-order valence-electron chi connectivity index (χ4n) is 2.30. The number of rotatable bonds is 6. The van der Waals surface area contributed by atoms with Gasteiger partial charge in [0.15, 0.2) is 0 Å². The molecular weight excluding hydrogens is 264 g/mol. The Kier molecular flexibility index (Phi) is 6.76. The number of esters is 3. The minimum atomic E-state index is -0.564. The SMILES string of the molecule is C=CC(=O)OCCOC(=O)C1CCCCC1C(=O)OC. The maximum absolute atomic E-state index is 12.0. The Bertz CT molecular complexity index is 376. The van der Waals surface area contributed by atoms with Crippen LogP contribution < -0.4 is 0 Å². The van der Waals surface area contributed by atoms with Gasteiger partial charge in [0, 0.05) is 6.08 Å². The molecule has 0 aromatic carbocycles. The fraction of sp³-hybridized carbons (Fsp3) is 0.643. The number of carbonyl (C=O) groups excluding carboxylic acids is 3. The van der Waals surface area contributed by atoms with Gasteiger partial charge in [0.1, 0.15) is 13.2 Å². The van der Waals surface area contributed by atoms with Crippen LogP contribution in [0.25, 0.3) is 0 Å². The maximum atomic E-state index is 12.0. The van der Waals surface area contributed by atoms with Gasteiger partial charge in [0.25, 0.3) is 0 Å². The van der Waals surface area contributed by atoms with E-state index in [0.717, 1.165) is 18.9 Å². The Morgan fingerprint density at radius 2 is 1.60 bits per heavy atom. The fourth-order valence-corrected chi connectivity index (χ4v) is 2.30. The van der Waals surface area contributed by atoms with Crippen LogP contribution >= 0.6 is 0 Å². The normalized spacial score (nSPS) is 21.6. The van der Waals surface area contributed by atoms with Crippen LogP contribution in [0, 0.1) is 11.8 Å². The molecule has 0 spiro atoms. The molecule has 2 unspecified atom stereocenters. The second kappa shape index (κ2) is 8.35. The molecule has 6 nitrogen and oxygen atoms in total. The van der Waals surface area contributed by atoms with E-state index in [9.17, 15) is 14.4 Å². The van der Waals surface area contributed by atoms with Crippen molar-refractivity contribution in [3.05, 3.63) is 12.7 Å². The molecular formula is C14H20O6. The van der Waals surface area contributed by atoms with E-state index in [1.807, 2.05) is 0 Å². The van der Waals surface area contributed by atoms with Gasteiger partial charge in [-0.15, -0.1) is 0 Å². The largest absolute Gasteiger partial charge is 0.469 e. The van der Waals surface area contributed by atoms with Gasteiger partial charge in [-0.05, 0) is 12.8 Å². The smallest absolute Gasteiger partial charge is 0.330 e. The van der Waals surface area contributed by atoms with E-state index >= 15 is 0 Å². The molecule has 0 bridgehead atoms. The van der Waals surface area contributed by atoms with Crippen molar-refractivity contribution in [2.45, 2.75) is 25.7 Å². The summed E-state index contributed by atoms with van der Waals surface area (Å²) in [5.41, 5.74) is 0. The summed E-state index contributed by atoms with van der Waals surface area (Å²) in [6.07, 6.45) is 4.08. The Labute approximate surface area is 118 Å². The number of methoxy groups -OCH3 is 1. The molecule has 112 valence electrons. The Balaban J connectivity index is 2.41. The predicted octanol–water partition coefficient (Wildman–Crippen LogP) is 1.24. The number of ether oxygens (including phenoxy) is 3. The zero-order valence-electron chi connectivity index (χ0n) is 11.6. The quantitative estimate of drug-likeness (QED) is 0.316. The number of carbonyl (C=O) groups is 3. The van der Waals surface area contributed by atoms with Crippen molar-refractivity contribution in [1.82, 2.24) is 0 Å². The summed E-state index contributed by atoms with van der Waals surface area (Å²) < 4.78 is 14.5. The first-order valence-electron chi connectivity index (χ1n) is 6.63. The van der Waals surface area contributed by atoms with Gasteiger partial charge in [-0.1, -0.05) is 19.4 Å². The lowest BCUT2D eigenvalue weighted by atomic mass is 9.79. The van der Waals surface area contributed by atoms with Crippen LogP contribution in [-0.2, 0) is 28.6 Å². The topological polar surface area (TPSA) is 78.9 Å². The minimum absolute atomic E-state index is 0.0216. The van der Waals surface area contributed by atoms with E-state index in [0.29, 0.717) is 12.8 Å². The molecule has 1 fully saturated rings. The van der Waals surface area contributed by atoms with Gasteiger partial charge in [-0.3, -0.25) is 9.59 Å². The van der Waals surface area contributed by atoms with Crippen LogP contribution in [0.1, 0.15) is 25.7 Å². The van der Waals surface area contributed by atoms with E-state index in [1.54, 1.807) is 0 Å². The van der Waals surface area contributed by atoms with E-state index in [1.165, 1.54) is 7.11 Å². The Hall–Kier alpha value is -1.85. The molecule has 20 heavy (non-hydrogen) atoms. The van der Waals surface area contributed by atoms with E-state index in [-0.39, 0.29) is 19.2 Å². The highest BCUT2D eigenvalue weighted by Crippen LogP contribution is 2.31. The van der Waals surface area contributed by atoms with Crippen molar-refractivity contribution >= 4 is 17.9 Å². The second-order valence-electron chi connectivity index (χ2n) is 4.56. The highest BCUT2D eigenvalue weighted by Gasteiger charge is 2.37. The standard InChI is InChI=1S/C14H20O6/c1-3-12(15)19-8-9-20-14(17)11-7-5-4-6-10(11)13(16)18-2/h3,10-11H,1,4-9H2,2H3. The van der Waals surface area contributed by atoms with Gasteiger partial charge < -0.3 is 14.2 Å². The van der Waals surface area contributed by atoms with Crippen molar-refractivity contribution in [2.24, 2.45) is 11.8 Å². The van der Waals surface area contributed by atoms with Crippen LogP contribution in [0.2, 0.25) is 0 Å². The minimum Gasteiger partial charge on any atom is -0.469 e. The molecule has 1 aliphatic carbocycles. The van der Waals surface area contributed by atoms with Crippen LogP contribution in [-0.4, -0.2) is 38.2 Å². The van der Waals surface area contributed by atoms with Gasteiger partial charge in [0.2, 0.25) is 0 Å². The zero-order chi connectivity index (χ0) is 15.0. The highest BCUT2D eigenvalue weighted by atomic mass is 16.6. The first kappa shape index (κ1) is 16.2. The van der Waals surface area contributed by atoms with E-state index in [4.69, 9.17) is 14.2 Å². The molecule has 0 amide bonds. The summed E-state index contributed by atoms with van der Waals surface area (Å²) >= 11 is 0. The molecule has 0 saturated heterocycles. The molecule has 1 aliphatic rings. The molecule has 0 aliphatic heterocycles. The third-order valence-electron chi connectivity index (χ3n) is 3.31. The molecule has 0 heterocycles.